The molecule has 0 saturated heterocycles. The average molecular weight is 359 g/mol. The second kappa shape index (κ2) is 7.27. The SMILES string of the molecule is O=C(COC(=O)c1ccc2ccccc2n1)Nc1ccc(F)cc1Cl. The summed E-state index contributed by atoms with van der Waals surface area (Å²) in [6.45, 7) is -0.513. The van der Waals surface area contributed by atoms with E-state index in [2.05, 4.69) is 10.3 Å². The number of fused-ring (bicyclic) bond motifs is 1. The number of hydrogen-bond acceptors (Lipinski definition) is 4. The molecule has 0 bridgehead atoms. The van der Waals surface area contributed by atoms with Crippen LogP contribution in [0.25, 0.3) is 10.9 Å². The molecule has 5 nitrogen and oxygen atoms in total. The summed E-state index contributed by atoms with van der Waals surface area (Å²) in [7, 11) is 0. The average Bonchev–Trinajstić information content (AvgIpc) is 2.61. The van der Waals surface area contributed by atoms with Crippen LogP contribution in [0.2, 0.25) is 5.02 Å². The fourth-order valence-electron chi connectivity index (χ4n) is 2.16. The van der Waals surface area contributed by atoms with Gasteiger partial charge in [0, 0.05) is 5.39 Å². The number of nitrogens with one attached hydrogen (secondary N) is 1. The van der Waals surface area contributed by atoms with E-state index >= 15 is 0 Å². The van der Waals surface area contributed by atoms with Crippen LogP contribution in [0.5, 0.6) is 0 Å². The molecule has 0 aliphatic carbocycles. The molecule has 25 heavy (non-hydrogen) atoms. The highest BCUT2D eigenvalue weighted by molar-refractivity contribution is 6.33. The van der Waals surface area contributed by atoms with Crippen molar-refractivity contribution in [2.24, 2.45) is 0 Å². The standard InChI is InChI=1S/C18H12ClFN2O3/c19-13-9-12(20)6-8-15(13)22-17(23)10-25-18(24)16-7-5-11-3-1-2-4-14(11)21-16/h1-9H,10H2,(H,22,23). The molecule has 7 heteroatoms. The number of carbonyl (C=O) groups is 2. The van der Waals surface area contributed by atoms with Gasteiger partial charge in [0.25, 0.3) is 5.91 Å². The van der Waals surface area contributed by atoms with E-state index in [1.165, 1.54) is 12.1 Å². The van der Waals surface area contributed by atoms with Crippen LogP contribution in [-0.2, 0) is 9.53 Å². The Hall–Kier alpha value is -2.99. The van der Waals surface area contributed by atoms with Crippen molar-refractivity contribution in [1.82, 2.24) is 4.98 Å². The minimum absolute atomic E-state index is 0.0517. The van der Waals surface area contributed by atoms with Gasteiger partial charge in [0.05, 0.1) is 16.2 Å². The van der Waals surface area contributed by atoms with E-state index in [4.69, 9.17) is 16.3 Å². The third kappa shape index (κ3) is 4.10. The van der Waals surface area contributed by atoms with Crippen LogP contribution in [0.4, 0.5) is 10.1 Å². The third-order valence-corrected chi connectivity index (χ3v) is 3.66. The van der Waals surface area contributed by atoms with E-state index in [1.54, 1.807) is 12.1 Å². The lowest BCUT2D eigenvalue weighted by Crippen LogP contribution is -2.21. The Balaban J connectivity index is 1.61. The maximum absolute atomic E-state index is 13.0. The number of hydrogen-bond donors (Lipinski definition) is 1. The number of carbonyl (C=O) groups excluding carboxylic acids is 2. The van der Waals surface area contributed by atoms with Gasteiger partial charge >= 0.3 is 5.97 Å². The smallest absolute Gasteiger partial charge is 0.357 e. The van der Waals surface area contributed by atoms with Crippen LogP contribution in [0.1, 0.15) is 10.5 Å². The van der Waals surface area contributed by atoms with Gasteiger partial charge in [0.1, 0.15) is 11.5 Å². The molecule has 1 N–H and O–H groups in total. The summed E-state index contributed by atoms with van der Waals surface area (Å²) >= 11 is 5.82. The minimum atomic E-state index is -0.717. The number of esters is 1. The van der Waals surface area contributed by atoms with Crippen molar-refractivity contribution in [3.63, 3.8) is 0 Å². The molecule has 3 rings (SSSR count). The molecule has 1 amide bonds. The van der Waals surface area contributed by atoms with Crippen molar-refractivity contribution in [1.29, 1.82) is 0 Å². The molecule has 0 spiro atoms. The highest BCUT2D eigenvalue weighted by Gasteiger charge is 2.13. The van der Waals surface area contributed by atoms with Gasteiger partial charge in [-0.05, 0) is 30.3 Å². The normalized spacial score (nSPS) is 10.5. The number of nitrogens with zero attached hydrogens (tertiary/aromatic N) is 1. The van der Waals surface area contributed by atoms with Gasteiger partial charge in [-0.15, -0.1) is 0 Å². The maximum atomic E-state index is 13.0. The fraction of sp³-hybridized carbons (Fsp3) is 0.0556. The molecule has 0 radical (unpaired) electrons. The fourth-order valence-corrected chi connectivity index (χ4v) is 2.38. The number of para-hydroxylation sites is 1. The largest absolute Gasteiger partial charge is 0.451 e. The molecule has 0 aliphatic rings. The number of benzene rings is 2. The lowest BCUT2D eigenvalue weighted by molar-refractivity contribution is -0.119. The highest BCUT2D eigenvalue weighted by Crippen LogP contribution is 2.22. The first-order valence-corrected chi connectivity index (χ1v) is 7.68. The zero-order chi connectivity index (χ0) is 17.8. The first kappa shape index (κ1) is 16.9. The summed E-state index contributed by atoms with van der Waals surface area (Å²) in [5.41, 5.74) is 0.985. The van der Waals surface area contributed by atoms with E-state index in [-0.39, 0.29) is 16.4 Å². The van der Waals surface area contributed by atoms with Crippen molar-refractivity contribution in [2.75, 3.05) is 11.9 Å². The molecular formula is C18H12ClFN2O3. The lowest BCUT2D eigenvalue weighted by atomic mass is 10.2. The van der Waals surface area contributed by atoms with Gasteiger partial charge < -0.3 is 10.1 Å². The Labute approximate surface area is 147 Å². The first-order valence-electron chi connectivity index (χ1n) is 7.31. The third-order valence-electron chi connectivity index (χ3n) is 3.35. The van der Waals surface area contributed by atoms with Crippen LogP contribution in [0.15, 0.2) is 54.6 Å². The van der Waals surface area contributed by atoms with Crippen LogP contribution >= 0.6 is 11.6 Å². The number of amides is 1. The number of halogens is 2. The molecule has 2 aromatic carbocycles. The van der Waals surface area contributed by atoms with Crippen molar-refractivity contribution in [3.05, 3.63) is 71.1 Å². The Kier molecular flexibility index (Phi) is 4.90. The summed E-state index contributed by atoms with van der Waals surface area (Å²) < 4.78 is 17.9. The molecule has 1 heterocycles. The second-order valence-electron chi connectivity index (χ2n) is 5.14. The molecular weight excluding hydrogens is 347 g/mol. The van der Waals surface area contributed by atoms with Gasteiger partial charge in [-0.1, -0.05) is 35.9 Å². The number of pyridine rings is 1. The van der Waals surface area contributed by atoms with E-state index in [0.29, 0.717) is 5.52 Å². The van der Waals surface area contributed by atoms with Crippen molar-refractivity contribution in [3.8, 4) is 0 Å². The summed E-state index contributed by atoms with van der Waals surface area (Å²) in [4.78, 5) is 28.0. The monoisotopic (exact) mass is 358 g/mol. The summed E-state index contributed by atoms with van der Waals surface area (Å²) in [6, 6.07) is 14.2. The van der Waals surface area contributed by atoms with E-state index < -0.39 is 24.3 Å². The van der Waals surface area contributed by atoms with Crippen LogP contribution in [0, 0.1) is 5.82 Å². The van der Waals surface area contributed by atoms with Crippen LogP contribution < -0.4 is 5.32 Å². The molecule has 1 aromatic heterocycles. The predicted octanol–water partition coefficient (Wildman–Crippen LogP) is 3.82. The molecule has 0 saturated carbocycles. The Morgan fingerprint density at radius 2 is 1.92 bits per heavy atom. The van der Waals surface area contributed by atoms with Gasteiger partial charge in [-0.2, -0.15) is 0 Å². The molecule has 0 unspecified atom stereocenters. The quantitative estimate of drug-likeness (QED) is 0.720. The van der Waals surface area contributed by atoms with E-state index in [0.717, 1.165) is 17.5 Å². The topological polar surface area (TPSA) is 68.3 Å². The van der Waals surface area contributed by atoms with E-state index in [1.807, 2.05) is 18.2 Å². The summed E-state index contributed by atoms with van der Waals surface area (Å²) in [5.74, 6) is -1.83. The van der Waals surface area contributed by atoms with Crippen LogP contribution in [0.3, 0.4) is 0 Å². The molecule has 0 atom stereocenters. The molecule has 0 fully saturated rings. The summed E-state index contributed by atoms with van der Waals surface area (Å²) in [5, 5.41) is 3.38. The van der Waals surface area contributed by atoms with Crippen LogP contribution in [-0.4, -0.2) is 23.5 Å². The number of rotatable bonds is 4. The maximum Gasteiger partial charge on any atom is 0.357 e. The zero-order valence-electron chi connectivity index (χ0n) is 12.8. The Morgan fingerprint density at radius 3 is 2.72 bits per heavy atom. The summed E-state index contributed by atoms with van der Waals surface area (Å²) in [6.07, 6.45) is 0. The number of anilines is 1. The molecule has 0 aliphatic heterocycles. The van der Waals surface area contributed by atoms with Gasteiger partial charge in [-0.3, -0.25) is 4.79 Å². The van der Waals surface area contributed by atoms with Crippen molar-refractivity contribution >= 4 is 40.1 Å². The first-order chi connectivity index (χ1) is 12.0. The van der Waals surface area contributed by atoms with Gasteiger partial charge in [0.15, 0.2) is 6.61 Å². The van der Waals surface area contributed by atoms with Gasteiger partial charge in [0.2, 0.25) is 0 Å². The zero-order valence-corrected chi connectivity index (χ0v) is 13.6. The molecule has 126 valence electrons. The molecule has 3 aromatic rings. The number of aromatic nitrogens is 1. The van der Waals surface area contributed by atoms with Gasteiger partial charge in [-0.25, -0.2) is 14.2 Å². The van der Waals surface area contributed by atoms with E-state index in [9.17, 15) is 14.0 Å². The Morgan fingerprint density at radius 1 is 1.12 bits per heavy atom. The predicted molar refractivity (Wildman–Crippen MR) is 92.1 cm³/mol. The second-order valence-corrected chi connectivity index (χ2v) is 5.54. The highest BCUT2D eigenvalue weighted by atomic mass is 35.5. The Bertz CT molecular complexity index is 962. The number of ether oxygens (including phenoxy) is 1. The minimum Gasteiger partial charge on any atom is -0.451 e. The van der Waals surface area contributed by atoms with Crippen molar-refractivity contribution in [2.45, 2.75) is 0 Å². The lowest BCUT2D eigenvalue weighted by Gasteiger charge is -2.08. The van der Waals surface area contributed by atoms with Crippen molar-refractivity contribution < 1.29 is 18.7 Å².